The molecule has 1 unspecified atom stereocenters. The van der Waals surface area contributed by atoms with Crippen LogP contribution in [0.1, 0.15) is 115 Å². The van der Waals surface area contributed by atoms with Crippen molar-refractivity contribution >= 4 is 29.0 Å². The minimum Gasteiger partial charge on any atom is -0.378 e. The molecule has 1 N–H and O–H groups in total. The summed E-state index contributed by atoms with van der Waals surface area (Å²) in [7, 11) is 0. The summed E-state index contributed by atoms with van der Waals surface area (Å²) in [6.07, 6.45) is 4.45. The fourth-order valence-corrected chi connectivity index (χ4v) is 3.99. The molecule has 0 saturated heterocycles. The van der Waals surface area contributed by atoms with Gasteiger partial charge in [-0.1, -0.05) is 55.4 Å². The van der Waals surface area contributed by atoms with E-state index in [9.17, 15) is 24.0 Å². The maximum atomic E-state index is 13.5. The van der Waals surface area contributed by atoms with Crippen molar-refractivity contribution in [3.63, 3.8) is 0 Å². The van der Waals surface area contributed by atoms with E-state index in [0.717, 1.165) is 0 Å². The molecule has 11 heteroatoms. The number of carbonyl (C=O) groups excluding carboxylic acids is 5. The lowest BCUT2D eigenvalue weighted by Gasteiger charge is -2.34. The zero-order valence-corrected chi connectivity index (χ0v) is 30.5. The SMILES string of the molecule is CC.CC.CCC(=O)CCOCC(COCCC(C)=O)(COCCC(=O)C(C)C)NC(=O)c1ccc(-c2ccc(C(=O)CC)cn2)cn1. The summed E-state index contributed by atoms with van der Waals surface area (Å²) in [4.78, 5) is 69.4. The molecule has 2 rings (SSSR count). The van der Waals surface area contributed by atoms with Crippen molar-refractivity contribution in [2.45, 2.75) is 100.0 Å². The fraction of sp³-hybridized carbons (Fsp3) is 0.595. The van der Waals surface area contributed by atoms with Crippen molar-refractivity contribution < 1.29 is 38.2 Å². The molecule has 11 nitrogen and oxygen atoms in total. The van der Waals surface area contributed by atoms with Crippen LogP contribution in [-0.2, 0) is 28.6 Å². The van der Waals surface area contributed by atoms with Crippen molar-refractivity contribution in [2.24, 2.45) is 5.92 Å². The summed E-state index contributed by atoms with van der Waals surface area (Å²) in [5, 5.41) is 2.95. The quantitative estimate of drug-likeness (QED) is 0.112. The Balaban J connectivity index is 0.00000531. The van der Waals surface area contributed by atoms with E-state index in [1.54, 1.807) is 38.1 Å². The third kappa shape index (κ3) is 16.9. The summed E-state index contributed by atoms with van der Waals surface area (Å²) in [6.45, 7) is 16.9. The van der Waals surface area contributed by atoms with E-state index < -0.39 is 11.4 Å². The topological polar surface area (TPSA) is 151 Å². The normalized spacial score (nSPS) is 11.7. The van der Waals surface area contributed by atoms with Crippen LogP contribution < -0.4 is 5.32 Å². The Morgan fingerprint density at radius 1 is 0.750 bits per heavy atom. The van der Waals surface area contributed by atoms with Crippen LogP contribution in [0.4, 0.5) is 0 Å². The van der Waals surface area contributed by atoms with Gasteiger partial charge in [0.25, 0.3) is 5.91 Å². The number of ketones is 4. The number of hydrogen-bond donors (Lipinski definition) is 1. The van der Waals surface area contributed by atoms with Gasteiger partial charge in [-0.2, -0.15) is 0 Å². The third-order valence-electron chi connectivity index (χ3n) is 6.87. The molecule has 0 spiro atoms. The molecule has 2 aromatic rings. The van der Waals surface area contributed by atoms with Crippen LogP contribution in [-0.4, -0.2) is 84.2 Å². The molecule has 0 aliphatic heterocycles. The number of Topliss-reactive ketones (excluding diaryl/α,β-unsaturated/α-hetero) is 4. The maximum Gasteiger partial charge on any atom is 0.270 e. The highest BCUT2D eigenvalue weighted by Gasteiger charge is 2.34. The summed E-state index contributed by atoms with van der Waals surface area (Å²) in [6, 6.07) is 6.70. The summed E-state index contributed by atoms with van der Waals surface area (Å²) >= 11 is 0. The Morgan fingerprint density at radius 2 is 1.33 bits per heavy atom. The van der Waals surface area contributed by atoms with Gasteiger partial charge in [-0.3, -0.25) is 33.9 Å². The molecule has 0 fully saturated rings. The van der Waals surface area contributed by atoms with Gasteiger partial charge in [0.05, 0.1) is 45.3 Å². The summed E-state index contributed by atoms with van der Waals surface area (Å²) in [5.41, 5.74) is 0.714. The van der Waals surface area contributed by atoms with Crippen LogP contribution >= 0.6 is 0 Å². The zero-order chi connectivity index (χ0) is 36.5. The lowest BCUT2D eigenvalue weighted by molar-refractivity contribution is -0.123. The minimum absolute atomic E-state index is 0.000561. The van der Waals surface area contributed by atoms with Gasteiger partial charge in [0, 0.05) is 61.5 Å². The first-order chi connectivity index (χ1) is 23.0. The van der Waals surface area contributed by atoms with Crippen molar-refractivity contribution in [1.82, 2.24) is 15.3 Å². The average Bonchev–Trinajstić information content (AvgIpc) is 3.11. The monoisotopic (exact) mass is 671 g/mol. The van der Waals surface area contributed by atoms with Gasteiger partial charge in [0.15, 0.2) is 5.78 Å². The first-order valence-corrected chi connectivity index (χ1v) is 17.1. The van der Waals surface area contributed by atoms with E-state index in [-0.39, 0.29) is 93.6 Å². The lowest BCUT2D eigenvalue weighted by Crippen LogP contribution is -2.59. The van der Waals surface area contributed by atoms with Crippen LogP contribution in [0.15, 0.2) is 36.7 Å². The molecule has 0 radical (unpaired) electrons. The highest BCUT2D eigenvalue weighted by Crippen LogP contribution is 2.18. The molecule has 2 heterocycles. The van der Waals surface area contributed by atoms with Crippen LogP contribution in [0.2, 0.25) is 0 Å². The van der Waals surface area contributed by atoms with E-state index in [1.165, 1.54) is 19.3 Å². The molecule has 1 amide bonds. The summed E-state index contributed by atoms with van der Waals surface area (Å²) in [5.74, 6) is -0.581. The number of pyridine rings is 2. The molecule has 0 aliphatic carbocycles. The van der Waals surface area contributed by atoms with Crippen molar-refractivity contribution in [3.05, 3.63) is 47.9 Å². The number of nitrogens with one attached hydrogen (secondary N) is 1. The van der Waals surface area contributed by atoms with E-state index >= 15 is 0 Å². The predicted octanol–water partition coefficient (Wildman–Crippen LogP) is 6.27. The molecule has 0 saturated carbocycles. The van der Waals surface area contributed by atoms with Gasteiger partial charge >= 0.3 is 0 Å². The predicted molar refractivity (Wildman–Crippen MR) is 187 cm³/mol. The second kappa shape index (κ2) is 25.4. The minimum atomic E-state index is -1.20. The van der Waals surface area contributed by atoms with E-state index in [1.807, 2.05) is 41.5 Å². The molecule has 0 aromatic carbocycles. The second-order valence-electron chi connectivity index (χ2n) is 11.0. The average molecular weight is 672 g/mol. The van der Waals surface area contributed by atoms with E-state index in [0.29, 0.717) is 29.7 Å². The van der Waals surface area contributed by atoms with E-state index in [4.69, 9.17) is 14.2 Å². The largest absolute Gasteiger partial charge is 0.378 e. The summed E-state index contributed by atoms with van der Waals surface area (Å²) < 4.78 is 17.5. The molecular weight excluding hydrogens is 614 g/mol. The fourth-order valence-electron chi connectivity index (χ4n) is 3.99. The lowest BCUT2D eigenvalue weighted by atomic mass is 10.0. The van der Waals surface area contributed by atoms with Crippen LogP contribution in [0, 0.1) is 5.92 Å². The molecule has 0 bridgehead atoms. The number of hydrogen-bond acceptors (Lipinski definition) is 10. The highest BCUT2D eigenvalue weighted by molar-refractivity contribution is 5.96. The number of ether oxygens (including phenoxy) is 3. The molecule has 0 aliphatic rings. The molecular formula is C37H57N3O8. The standard InChI is InChI=1S/C33H45N3O8.2C2H6/c1-6-27(38)13-16-43-21-33(20-42-15-12-24(5)37,22-44-17-14-31(40)23(3)4)36-32(41)29-11-8-25(18-35-29)28-10-9-26(19-34-28)30(39)7-2;2*1-2/h8-11,18-19,23H,6-7,12-17,20-22H2,1-5H3,(H,36,41);2*1-2H3. The van der Waals surface area contributed by atoms with Crippen LogP contribution in [0.5, 0.6) is 0 Å². The maximum absolute atomic E-state index is 13.5. The third-order valence-corrected chi connectivity index (χ3v) is 6.87. The Labute approximate surface area is 286 Å². The molecule has 1 atom stereocenters. The molecule has 2 aromatic heterocycles. The number of rotatable bonds is 22. The van der Waals surface area contributed by atoms with Gasteiger partial charge in [-0.15, -0.1) is 0 Å². The Kier molecular flexibility index (Phi) is 23.4. The zero-order valence-electron chi connectivity index (χ0n) is 30.5. The second-order valence-corrected chi connectivity index (χ2v) is 11.0. The van der Waals surface area contributed by atoms with Crippen LogP contribution in [0.25, 0.3) is 11.3 Å². The highest BCUT2D eigenvalue weighted by atomic mass is 16.5. The Morgan fingerprint density at radius 3 is 1.79 bits per heavy atom. The number of aromatic nitrogens is 2. The smallest absolute Gasteiger partial charge is 0.270 e. The molecule has 268 valence electrons. The first-order valence-electron chi connectivity index (χ1n) is 17.1. The van der Waals surface area contributed by atoms with Gasteiger partial charge in [0.2, 0.25) is 0 Å². The van der Waals surface area contributed by atoms with Crippen molar-refractivity contribution in [1.29, 1.82) is 0 Å². The van der Waals surface area contributed by atoms with Gasteiger partial charge in [0.1, 0.15) is 28.6 Å². The van der Waals surface area contributed by atoms with Crippen LogP contribution in [0.3, 0.4) is 0 Å². The Bertz CT molecular complexity index is 1250. The molecule has 48 heavy (non-hydrogen) atoms. The number of amides is 1. The van der Waals surface area contributed by atoms with Gasteiger partial charge in [-0.05, 0) is 31.2 Å². The van der Waals surface area contributed by atoms with Crippen molar-refractivity contribution in [2.75, 3.05) is 39.6 Å². The number of carbonyl (C=O) groups is 5. The Hall–Kier alpha value is -3.67. The van der Waals surface area contributed by atoms with Gasteiger partial charge < -0.3 is 19.5 Å². The van der Waals surface area contributed by atoms with Crippen molar-refractivity contribution in [3.8, 4) is 11.3 Å². The first kappa shape index (κ1) is 44.3. The van der Waals surface area contributed by atoms with E-state index in [2.05, 4.69) is 15.3 Å². The number of nitrogens with zero attached hydrogens (tertiary/aromatic N) is 2. The van der Waals surface area contributed by atoms with Gasteiger partial charge in [-0.25, -0.2) is 0 Å².